The Morgan fingerprint density at radius 2 is 2.21 bits per heavy atom. The Morgan fingerprint density at radius 1 is 1.42 bits per heavy atom. The van der Waals surface area contributed by atoms with Crippen LogP contribution in [0, 0.1) is 6.92 Å². The second kappa shape index (κ2) is 7.91. The van der Waals surface area contributed by atoms with Crippen LogP contribution in [0.15, 0.2) is 5.51 Å². The Hall–Kier alpha value is -0.530. The van der Waals surface area contributed by atoms with Gasteiger partial charge in [0.05, 0.1) is 31.0 Å². The highest BCUT2D eigenvalue weighted by Gasteiger charge is 2.13. The Labute approximate surface area is 118 Å². The van der Waals surface area contributed by atoms with Crippen molar-refractivity contribution in [2.24, 2.45) is 0 Å². The minimum Gasteiger partial charge on any atom is -0.395 e. The van der Waals surface area contributed by atoms with Crippen molar-refractivity contribution in [3.8, 4) is 0 Å². The van der Waals surface area contributed by atoms with E-state index < -0.39 is 0 Å². The van der Waals surface area contributed by atoms with Crippen LogP contribution in [0.3, 0.4) is 0 Å². The molecule has 1 aromatic heterocycles. The van der Waals surface area contributed by atoms with Gasteiger partial charge in [-0.3, -0.25) is 9.80 Å². The Bertz CT molecular complexity index is 367. The number of ether oxygens (including phenoxy) is 1. The second-order valence-electron chi connectivity index (χ2n) is 4.81. The monoisotopic (exact) mass is 285 g/mol. The van der Waals surface area contributed by atoms with Crippen LogP contribution in [-0.2, 0) is 11.3 Å². The van der Waals surface area contributed by atoms with Crippen molar-refractivity contribution in [3.63, 3.8) is 0 Å². The zero-order valence-electron chi connectivity index (χ0n) is 11.5. The third kappa shape index (κ3) is 4.81. The summed E-state index contributed by atoms with van der Waals surface area (Å²) in [5.41, 5.74) is 3.00. The maximum Gasteiger partial charge on any atom is 0.0798 e. The lowest BCUT2D eigenvalue weighted by Gasteiger charge is -2.29. The molecule has 0 aromatic carbocycles. The fourth-order valence-corrected chi connectivity index (χ4v) is 3.02. The van der Waals surface area contributed by atoms with Crippen molar-refractivity contribution in [2.75, 3.05) is 52.5 Å². The van der Waals surface area contributed by atoms with E-state index in [0.29, 0.717) is 0 Å². The summed E-state index contributed by atoms with van der Waals surface area (Å²) in [5, 5.41) is 9.18. The molecule has 19 heavy (non-hydrogen) atoms. The van der Waals surface area contributed by atoms with Gasteiger partial charge in [-0.25, -0.2) is 4.98 Å². The van der Waals surface area contributed by atoms with E-state index in [4.69, 9.17) is 4.74 Å². The third-order valence-electron chi connectivity index (χ3n) is 3.46. The molecule has 6 heteroatoms. The SMILES string of the molecule is Cc1ncsc1CN(CCO)CCN1CCOCC1. The summed E-state index contributed by atoms with van der Waals surface area (Å²) in [7, 11) is 0. The van der Waals surface area contributed by atoms with Crippen molar-refractivity contribution in [3.05, 3.63) is 16.1 Å². The highest BCUT2D eigenvalue weighted by molar-refractivity contribution is 7.09. The largest absolute Gasteiger partial charge is 0.395 e. The van der Waals surface area contributed by atoms with Crippen LogP contribution < -0.4 is 0 Å². The lowest BCUT2D eigenvalue weighted by atomic mass is 10.3. The van der Waals surface area contributed by atoms with Crippen molar-refractivity contribution in [1.82, 2.24) is 14.8 Å². The van der Waals surface area contributed by atoms with E-state index in [0.717, 1.165) is 58.2 Å². The average molecular weight is 285 g/mol. The molecule has 1 aromatic rings. The van der Waals surface area contributed by atoms with Crippen molar-refractivity contribution >= 4 is 11.3 Å². The van der Waals surface area contributed by atoms with Crippen LogP contribution in [0.4, 0.5) is 0 Å². The van der Waals surface area contributed by atoms with E-state index >= 15 is 0 Å². The summed E-state index contributed by atoms with van der Waals surface area (Å²) in [6.45, 7) is 9.62. The van der Waals surface area contributed by atoms with Gasteiger partial charge < -0.3 is 9.84 Å². The number of aromatic nitrogens is 1. The molecule has 1 saturated heterocycles. The molecule has 0 radical (unpaired) electrons. The number of aliphatic hydroxyl groups is 1. The van der Waals surface area contributed by atoms with E-state index in [2.05, 4.69) is 14.8 Å². The molecule has 1 fully saturated rings. The number of hydrogen-bond acceptors (Lipinski definition) is 6. The van der Waals surface area contributed by atoms with Crippen LogP contribution in [0.1, 0.15) is 10.6 Å². The van der Waals surface area contributed by atoms with Crippen LogP contribution in [-0.4, -0.2) is 72.4 Å². The van der Waals surface area contributed by atoms with Gasteiger partial charge in [0.15, 0.2) is 0 Å². The zero-order chi connectivity index (χ0) is 13.5. The number of aliphatic hydroxyl groups excluding tert-OH is 1. The normalized spacial score (nSPS) is 17.2. The average Bonchev–Trinajstić information content (AvgIpc) is 2.83. The lowest BCUT2D eigenvalue weighted by molar-refractivity contribution is 0.0320. The van der Waals surface area contributed by atoms with E-state index in [-0.39, 0.29) is 6.61 Å². The van der Waals surface area contributed by atoms with Crippen LogP contribution in [0.2, 0.25) is 0 Å². The van der Waals surface area contributed by atoms with Gasteiger partial charge in [-0.05, 0) is 6.92 Å². The number of aryl methyl sites for hydroxylation is 1. The molecule has 1 aliphatic heterocycles. The molecule has 2 rings (SSSR count). The van der Waals surface area contributed by atoms with Gasteiger partial charge in [-0.2, -0.15) is 0 Å². The number of morpholine rings is 1. The zero-order valence-corrected chi connectivity index (χ0v) is 12.4. The van der Waals surface area contributed by atoms with E-state index in [1.165, 1.54) is 4.88 Å². The number of nitrogens with zero attached hydrogens (tertiary/aromatic N) is 3. The third-order valence-corrected chi connectivity index (χ3v) is 4.38. The molecular weight excluding hydrogens is 262 g/mol. The van der Waals surface area contributed by atoms with Gasteiger partial charge in [0.25, 0.3) is 0 Å². The highest BCUT2D eigenvalue weighted by atomic mass is 32.1. The van der Waals surface area contributed by atoms with E-state index in [1.807, 2.05) is 12.4 Å². The maximum absolute atomic E-state index is 9.18. The Kier molecular flexibility index (Phi) is 6.19. The topological polar surface area (TPSA) is 48.8 Å². The van der Waals surface area contributed by atoms with Gasteiger partial charge in [-0.15, -0.1) is 11.3 Å². The molecule has 0 unspecified atom stereocenters. The molecule has 0 saturated carbocycles. The molecule has 5 nitrogen and oxygen atoms in total. The first-order valence-electron chi connectivity index (χ1n) is 6.82. The Morgan fingerprint density at radius 3 is 2.84 bits per heavy atom. The highest BCUT2D eigenvalue weighted by Crippen LogP contribution is 2.14. The van der Waals surface area contributed by atoms with Crippen LogP contribution in [0.5, 0.6) is 0 Å². The first kappa shape index (κ1) is 14.9. The smallest absolute Gasteiger partial charge is 0.0798 e. The molecular formula is C13H23N3O2S. The lowest BCUT2D eigenvalue weighted by Crippen LogP contribution is -2.41. The van der Waals surface area contributed by atoms with E-state index in [9.17, 15) is 5.11 Å². The maximum atomic E-state index is 9.18. The number of thiazole rings is 1. The van der Waals surface area contributed by atoms with Crippen LogP contribution >= 0.6 is 11.3 Å². The van der Waals surface area contributed by atoms with Gasteiger partial charge >= 0.3 is 0 Å². The minimum atomic E-state index is 0.209. The number of rotatable bonds is 7. The molecule has 0 bridgehead atoms. The predicted molar refractivity (Wildman–Crippen MR) is 76.5 cm³/mol. The van der Waals surface area contributed by atoms with Crippen LogP contribution in [0.25, 0.3) is 0 Å². The fourth-order valence-electron chi connectivity index (χ4n) is 2.20. The molecule has 0 aliphatic carbocycles. The van der Waals surface area contributed by atoms with E-state index in [1.54, 1.807) is 11.3 Å². The molecule has 2 heterocycles. The molecule has 108 valence electrons. The van der Waals surface area contributed by atoms with Gasteiger partial charge in [-0.1, -0.05) is 0 Å². The second-order valence-corrected chi connectivity index (χ2v) is 5.75. The van der Waals surface area contributed by atoms with Crippen molar-refractivity contribution < 1.29 is 9.84 Å². The van der Waals surface area contributed by atoms with Crippen molar-refractivity contribution in [2.45, 2.75) is 13.5 Å². The Balaban J connectivity index is 1.80. The first-order valence-corrected chi connectivity index (χ1v) is 7.70. The summed E-state index contributed by atoms with van der Waals surface area (Å²) >= 11 is 1.70. The standard InChI is InChI=1S/C13H23N3O2S/c1-12-13(19-11-14-12)10-16(4-7-17)3-2-15-5-8-18-9-6-15/h11,17H,2-10H2,1H3. The molecule has 0 atom stereocenters. The van der Waals surface area contributed by atoms with Crippen molar-refractivity contribution in [1.29, 1.82) is 0 Å². The summed E-state index contributed by atoms with van der Waals surface area (Å²) in [6.07, 6.45) is 0. The van der Waals surface area contributed by atoms with Gasteiger partial charge in [0.1, 0.15) is 0 Å². The molecule has 0 spiro atoms. The molecule has 0 amide bonds. The van der Waals surface area contributed by atoms with Gasteiger partial charge in [0, 0.05) is 44.1 Å². The quantitative estimate of drug-likeness (QED) is 0.794. The number of hydrogen-bond donors (Lipinski definition) is 1. The fraction of sp³-hybridized carbons (Fsp3) is 0.769. The summed E-state index contributed by atoms with van der Waals surface area (Å²) in [4.78, 5) is 10.3. The molecule has 1 aliphatic rings. The van der Waals surface area contributed by atoms with Gasteiger partial charge in [0.2, 0.25) is 0 Å². The summed E-state index contributed by atoms with van der Waals surface area (Å²) < 4.78 is 5.35. The minimum absolute atomic E-state index is 0.209. The first-order chi connectivity index (χ1) is 9.29. The summed E-state index contributed by atoms with van der Waals surface area (Å²) in [5.74, 6) is 0. The molecule has 1 N–H and O–H groups in total. The predicted octanol–water partition coefficient (Wildman–Crippen LogP) is 0.578. The summed E-state index contributed by atoms with van der Waals surface area (Å²) in [6, 6.07) is 0.